The molecule has 1 N–H and O–H groups in total. The molecule has 1 saturated carbocycles. The van der Waals surface area contributed by atoms with Crippen LogP contribution in [-0.2, 0) is 9.53 Å². The van der Waals surface area contributed by atoms with Crippen LogP contribution in [-0.4, -0.2) is 40.1 Å². The summed E-state index contributed by atoms with van der Waals surface area (Å²) in [5.74, 6) is 0.733. The molecule has 0 radical (unpaired) electrons. The molecule has 5 nitrogen and oxygen atoms in total. The van der Waals surface area contributed by atoms with Gasteiger partial charge in [-0.1, -0.05) is 42.9 Å². The number of fused-ring (bicyclic) bond motifs is 1. The molecule has 0 aromatic heterocycles. The third-order valence-electron chi connectivity index (χ3n) is 4.42. The van der Waals surface area contributed by atoms with Crippen LogP contribution in [0.25, 0.3) is 0 Å². The van der Waals surface area contributed by atoms with Gasteiger partial charge in [0.2, 0.25) is 5.91 Å². The molecule has 2 aliphatic rings. The molecule has 1 aliphatic carbocycles. The van der Waals surface area contributed by atoms with E-state index in [0.29, 0.717) is 12.0 Å². The maximum absolute atomic E-state index is 12.8. The molecule has 1 saturated heterocycles. The number of amides is 2. The Labute approximate surface area is 133 Å². The molecule has 0 spiro atoms. The molecule has 2 rings (SSSR count). The van der Waals surface area contributed by atoms with Gasteiger partial charge >= 0.3 is 6.09 Å². The van der Waals surface area contributed by atoms with Crippen LogP contribution in [0.2, 0.25) is 0 Å². The highest BCUT2D eigenvalue weighted by molar-refractivity contribution is 14.1. The van der Waals surface area contributed by atoms with Gasteiger partial charge in [-0.05, 0) is 31.1 Å². The maximum Gasteiger partial charge on any atom is 0.407 e. The fourth-order valence-corrected chi connectivity index (χ4v) is 4.73. The number of halogens is 1. The lowest BCUT2D eigenvalue weighted by atomic mass is 10.0. The minimum Gasteiger partial charge on any atom is -0.453 e. The average Bonchev–Trinajstić information content (AvgIpc) is 2.94. The lowest BCUT2D eigenvalue weighted by Crippen LogP contribution is -2.53. The van der Waals surface area contributed by atoms with Gasteiger partial charge < -0.3 is 15.0 Å². The Bertz CT molecular complexity index is 389. The van der Waals surface area contributed by atoms with Crippen LogP contribution < -0.4 is 5.32 Å². The van der Waals surface area contributed by atoms with Crippen molar-refractivity contribution in [2.45, 2.75) is 55.7 Å². The van der Waals surface area contributed by atoms with Gasteiger partial charge in [0.05, 0.1) is 11.2 Å². The van der Waals surface area contributed by atoms with Crippen molar-refractivity contribution in [2.75, 3.05) is 7.11 Å². The highest BCUT2D eigenvalue weighted by atomic mass is 127. The van der Waals surface area contributed by atoms with Gasteiger partial charge in [0, 0.05) is 6.04 Å². The van der Waals surface area contributed by atoms with E-state index < -0.39 is 12.1 Å². The van der Waals surface area contributed by atoms with E-state index in [4.69, 9.17) is 0 Å². The van der Waals surface area contributed by atoms with Crippen molar-refractivity contribution in [3.63, 3.8) is 0 Å². The molecule has 6 heteroatoms. The molecular formula is C14H23IN2O3. The molecule has 2 fully saturated rings. The Hall–Kier alpha value is -0.530. The quantitative estimate of drug-likeness (QED) is 0.455. The number of carbonyl (C=O) groups is 2. The van der Waals surface area contributed by atoms with Crippen LogP contribution in [0.3, 0.4) is 0 Å². The van der Waals surface area contributed by atoms with Gasteiger partial charge in [0.15, 0.2) is 0 Å². The van der Waals surface area contributed by atoms with Crippen LogP contribution in [0.1, 0.15) is 39.5 Å². The Morgan fingerprint density at radius 2 is 2.05 bits per heavy atom. The van der Waals surface area contributed by atoms with Gasteiger partial charge in [-0.15, -0.1) is 0 Å². The van der Waals surface area contributed by atoms with Crippen molar-refractivity contribution in [3.8, 4) is 0 Å². The summed E-state index contributed by atoms with van der Waals surface area (Å²) in [6, 6.07) is -0.135. The minimum atomic E-state index is -0.538. The van der Waals surface area contributed by atoms with E-state index in [9.17, 15) is 9.59 Å². The van der Waals surface area contributed by atoms with E-state index >= 15 is 0 Å². The average molecular weight is 394 g/mol. The second-order valence-corrected chi connectivity index (χ2v) is 7.47. The first-order valence-corrected chi connectivity index (χ1v) is 8.51. The Kier molecular flexibility index (Phi) is 5.14. The molecule has 20 heavy (non-hydrogen) atoms. The van der Waals surface area contributed by atoms with Crippen LogP contribution in [0.15, 0.2) is 0 Å². The highest BCUT2D eigenvalue weighted by Gasteiger charge is 2.46. The number of rotatable bonds is 3. The van der Waals surface area contributed by atoms with E-state index in [2.05, 4.69) is 32.6 Å². The molecule has 114 valence electrons. The largest absolute Gasteiger partial charge is 0.453 e. The summed E-state index contributed by atoms with van der Waals surface area (Å²) in [5.41, 5.74) is 0. The van der Waals surface area contributed by atoms with E-state index in [1.165, 1.54) is 20.0 Å². The van der Waals surface area contributed by atoms with E-state index in [0.717, 1.165) is 12.8 Å². The predicted molar refractivity (Wildman–Crippen MR) is 84.6 cm³/mol. The monoisotopic (exact) mass is 394 g/mol. The van der Waals surface area contributed by atoms with Crippen molar-refractivity contribution < 1.29 is 14.3 Å². The SMILES string of the molecule is COC(=O)N[C@H](C(=O)N1[C@H](I)C[C@@H]2CCC[C@@H]21)C(C)C. The minimum absolute atomic E-state index is 0.0409. The van der Waals surface area contributed by atoms with E-state index in [1.807, 2.05) is 18.7 Å². The maximum atomic E-state index is 12.8. The lowest BCUT2D eigenvalue weighted by molar-refractivity contribution is -0.135. The van der Waals surface area contributed by atoms with Gasteiger partial charge in [-0.2, -0.15) is 0 Å². The smallest absolute Gasteiger partial charge is 0.407 e. The number of alkyl carbamates (subject to hydrolysis) is 1. The second kappa shape index (κ2) is 6.49. The fourth-order valence-electron chi connectivity index (χ4n) is 3.39. The number of methoxy groups -OCH3 is 1. The summed E-state index contributed by atoms with van der Waals surface area (Å²) < 4.78 is 4.88. The second-order valence-electron chi connectivity index (χ2n) is 6.03. The zero-order chi connectivity index (χ0) is 14.9. The first-order valence-electron chi connectivity index (χ1n) is 7.26. The first-order chi connectivity index (χ1) is 9.45. The summed E-state index contributed by atoms with van der Waals surface area (Å²) >= 11 is 2.36. The molecular weight excluding hydrogens is 371 g/mol. The summed E-state index contributed by atoms with van der Waals surface area (Å²) in [7, 11) is 1.32. The number of nitrogens with zero attached hydrogens (tertiary/aromatic N) is 1. The van der Waals surface area contributed by atoms with Crippen molar-refractivity contribution in [1.29, 1.82) is 0 Å². The first kappa shape index (κ1) is 15.9. The summed E-state index contributed by atoms with van der Waals surface area (Å²) in [6.07, 6.45) is 4.08. The number of hydrogen-bond acceptors (Lipinski definition) is 3. The molecule has 2 amide bonds. The summed E-state index contributed by atoms with van der Waals surface area (Å²) in [6.45, 7) is 3.89. The van der Waals surface area contributed by atoms with Crippen molar-refractivity contribution in [1.82, 2.24) is 10.2 Å². The standard InChI is InChI=1S/C14H23IN2O3/c1-8(2)12(16-14(19)20-3)13(18)17-10-6-4-5-9(10)7-11(17)15/h8-12H,4-7H2,1-3H3,(H,16,19)/t9-,10-,11-,12-/m0/s1. The van der Waals surface area contributed by atoms with Gasteiger partial charge in [-0.25, -0.2) is 4.79 Å². The number of alkyl halides is 1. The molecule has 0 aromatic rings. The van der Waals surface area contributed by atoms with Crippen LogP contribution >= 0.6 is 22.6 Å². The predicted octanol–water partition coefficient (Wildman–Crippen LogP) is 2.53. The molecule has 0 aromatic carbocycles. The number of likely N-dealkylation sites (tertiary alicyclic amines) is 1. The normalized spacial score (nSPS) is 30.2. The third-order valence-corrected chi connectivity index (χ3v) is 5.53. The van der Waals surface area contributed by atoms with Crippen LogP contribution in [0.4, 0.5) is 4.79 Å². The van der Waals surface area contributed by atoms with Gasteiger partial charge in [0.25, 0.3) is 0 Å². The Morgan fingerprint density at radius 1 is 1.35 bits per heavy atom. The van der Waals surface area contributed by atoms with E-state index in [1.54, 1.807) is 0 Å². The van der Waals surface area contributed by atoms with Crippen molar-refractivity contribution in [2.24, 2.45) is 11.8 Å². The lowest BCUT2D eigenvalue weighted by Gasteiger charge is -2.32. The zero-order valence-electron chi connectivity index (χ0n) is 12.3. The number of hydrogen-bond donors (Lipinski definition) is 1. The number of carbonyl (C=O) groups excluding carboxylic acids is 2. The summed E-state index contributed by atoms with van der Waals surface area (Å²) in [4.78, 5) is 26.3. The fraction of sp³-hybridized carbons (Fsp3) is 0.857. The van der Waals surface area contributed by atoms with Crippen molar-refractivity contribution >= 4 is 34.6 Å². The number of nitrogens with one attached hydrogen (secondary N) is 1. The number of ether oxygens (including phenoxy) is 1. The highest BCUT2D eigenvalue weighted by Crippen LogP contribution is 2.43. The van der Waals surface area contributed by atoms with Gasteiger partial charge in [0.1, 0.15) is 6.04 Å². The molecule has 1 heterocycles. The molecule has 4 atom stereocenters. The molecule has 0 bridgehead atoms. The topological polar surface area (TPSA) is 58.6 Å². The van der Waals surface area contributed by atoms with E-state index in [-0.39, 0.29) is 15.9 Å². The van der Waals surface area contributed by atoms with Gasteiger partial charge in [-0.3, -0.25) is 4.79 Å². The molecule has 1 aliphatic heterocycles. The summed E-state index contributed by atoms with van der Waals surface area (Å²) in [5, 5.41) is 2.69. The van der Waals surface area contributed by atoms with Crippen LogP contribution in [0.5, 0.6) is 0 Å². The third kappa shape index (κ3) is 3.04. The van der Waals surface area contributed by atoms with Crippen molar-refractivity contribution in [3.05, 3.63) is 0 Å². The molecule has 0 unspecified atom stereocenters. The Morgan fingerprint density at radius 3 is 2.65 bits per heavy atom. The van der Waals surface area contributed by atoms with Crippen LogP contribution in [0, 0.1) is 11.8 Å². The Balaban J connectivity index is 2.12. The zero-order valence-corrected chi connectivity index (χ0v) is 14.4.